The van der Waals surface area contributed by atoms with Gasteiger partial charge in [-0.3, -0.25) is 4.79 Å². The van der Waals surface area contributed by atoms with Gasteiger partial charge < -0.3 is 20.7 Å². The molecule has 0 bridgehead atoms. The van der Waals surface area contributed by atoms with Crippen molar-refractivity contribution in [3.63, 3.8) is 0 Å². The normalized spacial score (nSPS) is 12.0. The van der Waals surface area contributed by atoms with Crippen LogP contribution in [0, 0.1) is 15.2 Å². The third-order valence-electron chi connectivity index (χ3n) is 3.71. The molecule has 2 rings (SSSR count). The summed E-state index contributed by atoms with van der Waals surface area (Å²) in [5.41, 5.74) is 5.87. The number of rotatable bonds is 8. The first-order valence-electron chi connectivity index (χ1n) is 7.79. The number of primary amides is 1. The Morgan fingerprint density at radius 3 is 2.58 bits per heavy atom. The van der Waals surface area contributed by atoms with E-state index in [4.69, 9.17) is 15.6 Å². The molecule has 0 radical (unpaired) electrons. The number of aliphatic hydroxyl groups excluding tert-OH is 2. The van der Waals surface area contributed by atoms with Crippen molar-refractivity contribution in [1.82, 2.24) is 0 Å². The Kier molecular flexibility index (Phi) is 7.30. The molecule has 0 fully saturated rings. The molecule has 140 valence electrons. The van der Waals surface area contributed by atoms with Crippen LogP contribution in [0.15, 0.2) is 30.3 Å². The van der Waals surface area contributed by atoms with Crippen LogP contribution in [0.2, 0.25) is 0 Å². The smallest absolute Gasteiger partial charge is 0.252 e. The van der Waals surface area contributed by atoms with Gasteiger partial charge in [-0.1, -0.05) is 6.07 Å². The van der Waals surface area contributed by atoms with Crippen molar-refractivity contribution in [3.8, 4) is 5.75 Å². The maximum absolute atomic E-state index is 14.1. The van der Waals surface area contributed by atoms with Crippen LogP contribution in [-0.2, 0) is 6.42 Å². The topological polar surface area (TPSA) is 92.8 Å². The highest BCUT2D eigenvalue weighted by Gasteiger charge is 2.19. The molecule has 0 aliphatic heterocycles. The lowest BCUT2D eigenvalue weighted by atomic mass is 9.98. The lowest BCUT2D eigenvalue weighted by Gasteiger charge is -2.15. The van der Waals surface area contributed by atoms with Gasteiger partial charge in [0, 0.05) is 22.5 Å². The van der Waals surface area contributed by atoms with Gasteiger partial charge in [-0.2, -0.15) is 0 Å². The zero-order chi connectivity index (χ0) is 19.3. The Morgan fingerprint density at radius 2 is 1.96 bits per heavy atom. The molecule has 0 aliphatic rings. The van der Waals surface area contributed by atoms with Gasteiger partial charge in [-0.05, 0) is 51.9 Å². The van der Waals surface area contributed by atoms with Crippen molar-refractivity contribution < 1.29 is 28.5 Å². The summed E-state index contributed by atoms with van der Waals surface area (Å²) >= 11 is 1.97. The SMILES string of the molecule is NC(=O)c1c(Cc2ccc(I)cc2F)cc(F)cc1OCC[C@@H](O)CO. The maximum Gasteiger partial charge on any atom is 0.252 e. The molecule has 0 heterocycles. The predicted molar refractivity (Wildman–Crippen MR) is 100 cm³/mol. The summed E-state index contributed by atoms with van der Waals surface area (Å²) in [6, 6.07) is 6.74. The third-order valence-corrected chi connectivity index (χ3v) is 4.38. The van der Waals surface area contributed by atoms with E-state index in [1.54, 1.807) is 12.1 Å². The summed E-state index contributed by atoms with van der Waals surface area (Å²) in [5.74, 6) is -2.04. The molecule has 4 N–H and O–H groups in total. The van der Waals surface area contributed by atoms with Gasteiger partial charge in [0.1, 0.15) is 17.4 Å². The second-order valence-electron chi connectivity index (χ2n) is 5.69. The quantitative estimate of drug-likeness (QED) is 0.510. The number of ether oxygens (including phenoxy) is 1. The van der Waals surface area contributed by atoms with Crippen molar-refractivity contribution in [2.75, 3.05) is 13.2 Å². The van der Waals surface area contributed by atoms with E-state index < -0.39 is 30.3 Å². The van der Waals surface area contributed by atoms with E-state index in [2.05, 4.69) is 0 Å². The summed E-state index contributed by atoms with van der Waals surface area (Å²) in [6.07, 6.45) is -0.929. The molecule has 0 saturated carbocycles. The van der Waals surface area contributed by atoms with Crippen molar-refractivity contribution in [1.29, 1.82) is 0 Å². The standard InChI is InChI=1S/C18H18F2INO4/c19-12-6-11(5-10-1-2-13(21)8-15(10)20)17(18(22)25)16(7-12)26-4-3-14(24)9-23/h1-2,6-8,14,23-24H,3-5,9H2,(H2,22,25)/t14-/m1/s1. The molecule has 5 nitrogen and oxygen atoms in total. The lowest BCUT2D eigenvalue weighted by molar-refractivity contribution is 0.0750. The Bertz CT molecular complexity index is 801. The number of carbonyl (C=O) groups excluding carboxylic acids is 1. The average Bonchev–Trinajstić information content (AvgIpc) is 2.56. The van der Waals surface area contributed by atoms with E-state index in [-0.39, 0.29) is 36.3 Å². The first-order chi connectivity index (χ1) is 12.3. The molecule has 8 heteroatoms. The van der Waals surface area contributed by atoms with Crippen LogP contribution in [0.4, 0.5) is 8.78 Å². The van der Waals surface area contributed by atoms with Crippen LogP contribution in [0.3, 0.4) is 0 Å². The summed E-state index contributed by atoms with van der Waals surface area (Å²) < 4.78 is 34.2. The summed E-state index contributed by atoms with van der Waals surface area (Å²) in [6.45, 7) is -0.491. The molecule has 0 aromatic heterocycles. The summed E-state index contributed by atoms with van der Waals surface area (Å²) in [7, 11) is 0. The summed E-state index contributed by atoms with van der Waals surface area (Å²) in [5, 5.41) is 18.1. The van der Waals surface area contributed by atoms with Crippen molar-refractivity contribution in [2.24, 2.45) is 5.73 Å². The largest absolute Gasteiger partial charge is 0.493 e. The Morgan fingerprint density at radius 1 is 1.23 bits per heavy atom. The fraction of sp³-hybridized carbons (Fsp3) is 0.278. The molecule has 0 saturated heterocycles. The predicted octanol–water partition coefficient (Wildman–Crippen LogP) is 2.38. The molecule has 0 unspecified atom stereocenters. The van der Waals surface area contributed by atoms with E-state index in [1.165, 1.54) is 6.07 Å². The van der Waals surface area contributed by atoms with Crippen LogP contribution < -0.4 is 10.5 Å². The van der Waals surface area contributed by atoms with Gasteiger partial charge in [0.2, 0.25) is 0 Å². The minimum atomic E-state index is -0.985. The number of hydrogen-bond donors (Lipinski definition) is 3. The zero-order valence-electron chi connectivity index (χ0n) is 13.7. The van der Waals surface area contributed by atoms with Gasteiger partial charge in [-0.15, -0.1) is 0 Å². The Hall–Kier alpha value is -1.78. The Balaban J connectivity index is 2.34. The van der Waals surface area contributed by atoms with Crippen LogP contribution in [0.25, 0.3) is 0 Å². The van der Waals surface area contributed by atoms with Crippen LogP contribution >= 0.6 is 22.6 Å². The molecular weight excluding hydrogens is 459 g/mol. The molecule has 1 atom stereocenters. The third kappa shape index (κ3) is 5.36. The van der Waals surface area contributed by atoms with Crippen molar-refractivity contribution >= 4 is 28.5 Å². The van der Waals surface area contributed by atoms with E-state index >= 15 is 0 Å². The number of benzene rings is 2. The zero-order valence-corrected chi connectivity index (χ0v) is 15.9. The van der Waals surface area contributed by atoms with Crippen LogP contribution in [0.5, 0.6) is 5.75 Å². The van der Waals surface area contributed by atoms with E-state index in [0.29, 0.717) is 9.13 Å². The molecule has 1 amide bonds. The van der Waals surface area contributed by atoms with Crippen LogP contribution in [0.1, 0.15) is 27.9 Å². The van der Waals surface area contributed by atoms with Gasteiger partial charge in [0.15, 0.2) is 0 Å². The minimum absolute atomic E-state index is 0.0333. The molecule has 0 aliphatic carbocycles. The monoisotopic (exact) mass is 477 g/mol. The molecule has 26 heavy (non-hydrogen) atoms. The highest BCUT2D eigenvalue weighted by Crippen LogP contribution is 2.27. The average molecular weight is 477 g/mol. The molecular formula is C18H18F2INO4. The number of nitrogens with two attached hydrogens (primary N) is 1. The molecule has 2 aromatic carbocycles. The number of hydrogen-bond acceptors (Lipinski definition) is 4. The second kappa shape index (κ2) is 9.24. The number of aliphatic hydroxyl groups is 2. The fourth-order valence-electron chi connectivity index (χ4n) is 2.44. The first kappa shape index (κ1) is 20.5. The second-order valence-corrected chi connectivity index (χ2v) is 6.93. The first-order valence-corrected chi connectivity index (χ1v) is 8.87. The lowest BCUT2D eigenvalue weighted by Crippen LogP contribution is -2.19. The maximum atomic E-state index is 14.1. The summed E-state index contributed by atoms with van der Waals surface area (Å²) in [4.78, 5) is 11.9. The number of halogens is 3. The van der Waals surface area contributed by atoms with Gasteiger partial charge >= 0.3 is 0 Å². The van der Waals surface area contributed by atoms with E-state index in [1.807, 2.05) is 22.6 Å². The van der Waals surface area contributed by atoms with E-state index in [9.17, 15) is 18.7 Å². The fourth-order valence-corrected chi connectivity index (χ4v) is 2.89. The van der Waals surface area contributed by atoms with Gasteiger partial charge in [0.25, 0.3) is 5.91 Å². The Labute approximate surface area is 162 Å². The number of carbonyl (C=O) groups is 1. The van der Waals surface area contributed by atoms with E-state index in [0.717, 1.165) is 12.1 Å². The van der Waals surface area contributed by atoms with Crippen LogP contribution in [-0.4, -0.2) is 35.4 Å². The van der Waals surface area contributed by atoms with Crippen molar-refractivity contribution in [3.05, 3.63) is 62.2 Å². The highest BCUT2D eigenvalue weighted by atomic mass is 127. The van der Waals surface area contributed by atoms with Gasteiger partial charge in [-0.25, -0.2) is 8.78 Å². The minimum Gasteiger partial charge on any atom is -0.493 e. The highest BCUT2D eigenvalue weighted by molar-refractivity contribution is 14.1. The molecule has 0 spiro atoms. The van der Waals surface area contributed by atoms with Gasteiger partial charge in [0.05, 0.1) is 24.9 Å². The van der Waals surface area contributed by atoms with Crippen molar-refractivity contribution in [2.45, 2.75) is 18.9 Å². The molecule has 2 aromatic rings. The number of amides is 1.